The normalized spacial score (nSPS) is 12.9. The molecule has 1 unspecified atom stereocenters. The van der Waals surface area contributed by atoms with E-state index in [1.165, 1.54) is 38.5 Å². The molecule has 17 heavy (non-hydrogen) atoms. The predicted octanol–water partition coefficient (Wildman–Crippen LogP) is 3.57. The largest absolute Gasteiger partial charge is 0.481 e. The molecule has 1 atom stereocenters. The number of unbranched alkanes of at least 4 members (excludes halogenated alkanes) is 5. The third kappa shape index (κ3) is 13.4. The van der Waals surface area contributed by atoms with Gasteiger partial charge in [0.2, 0.25) is 0 Å². The zero-order valence-corrected chi connectivity index (χ0v) is 11.5. The highest BCUT2D eigenvalue weighted by Crippen LogP contribution is 2.12. The van der Waals surface area contributed by atoms with Crippen molar-refractivity contribution in [1.29, 1.82) is 0 Å². The molecule has 0 heterocycles. The van der Waals surface area contributed by atoms with Crippen LogP contribution in [-0.4, -0.2) is 17.1 Å². The summed E-state index contributed by atoms with van der Waals surface area (Å²) in [6.07, 6.45) is 9.79. The Hall–Kier alpha value is -0.570. The van der Waals surface area contributed by atoms with Crippen LogP contribution < -0.4 is 5.73 Å². The standard InChI is InChI=1S/C14H29NO2/c1-12(2)9-7-5-3-4-6-8-10-13(15)11-14(16)17/h12-13H,3-11,15H2,1-2H3,(H,16,17). The van der Waals surface area contributed by atoms with Crippen LogP contribution in [0, 0.1) is 5.92 Å². The van der Waals surface area contributed by atoms with E-state index in [4.69, 9.17) is 10.8 Å². The Balaban J connectivity index is 3.15. The van der Waals surface area contributed by atoms with E-state index >= 15 is 0 Å². The Morgan fingerprint density at radius 2 is 1.47 bits per heavy atom. The van der Waals surface area contributed by atoms with Crippen LogP contribution in [0.5, 0.6) is 0 Å². The molecule has 3 nitrogen and oxygen atoms in total. The van der Waals surface area contributed by atoms with Gasteiger partial charge in [-0.1, -0.05) is 58.8 Å². The first-order chi connectivity index (χ1) is 8.02. The molecular weight excluding hydrogens is 214 g/mol. The zero-order chi connectivity index (χ0) is 13.1. The molecule has 0 saturated carbocycles. The fourth-order valence-electron chi connectivity index (χ4n) is 1.99. The van der Waals surface area contributed by atoms with Gasteiger partial charge in [0.15, 0.2) is 0 Å². The maximum Gasteiger partial charge on any atom is 0.304 e. The smallest absolute Gasteiger partial charge is 0.304 e. The van der Waals surface area contributed by atoms with Crippen LogP contribution >= 0.6 is 0 Å². The van der Waals surface area contributed by atoms with Gasteiger partial charge in [-0.2, -0.15) is 0 Å². The first-order valence-corrected chi connectivity index (χ1v) is 6.99. The molecule has 0 aromatic heterocycles. The maximum absolute atomic E-state index is 10.4. The van der Waals surface area contributed by atoms with E-state index in [-0.39, 0.29) is 12.5 Å². The van der Waals surface area contributed by atoms with Crippen molar-refractivity contribution in [1.82, 2.24) is 0 Å². The summed E-state index contributed by atoms with van der Waals surface area (Å²) in [7, 11) is 0. The fourth-order valence-corrected chi connectivity index (χ4v) is 1.99. The van der Waals surface area contributed by atoms with Crippen molar-refractivity contribution < 1.29 is 9.90 Å². The molecule has 0 amide bonds. The second kappa shape index (κ2) is 10.6. The van der Waals surface area contributed by atoms with E-state index < -0.39 is 5.97 Å². The van der Waals surface area contributed by atoms with E-state index in [0.717, 1.165) is 18.8 Å². The van der Waals surface area contributed by atoms with Crippen LogP contribution in [0.4, 0.5) is 0 Å². The van der Waals surface area contributed by atoms with Crippen molar-refractivity contribution in [2.45, 2.75) is 77.7 Å². The second-order valence-electron chi connectivity index (χ2n) is 5.45. The van der Waals surface area contributed by atoms with E-state index in [1.807, 2.05) is 0 Å². The third-order valence-electron chi connectivity index (χ3n) is 3.04. The molecule has 102 valence electrons. The van der Waals surface area contributed by atoms with Crippen LogP contribution in [0.2, 0.25) is 0 Å². The summed E-state index contributed by atoms with van der Waals surface area (Å²) in [5.41, 5.74) is 5.69. The first kappa shape index (κ1) is 16.4. The molecule has 3 heteroatoms. The van der Waals surface area contributed by atoms with Crippen molar-refractivity contribution >= 4 is 5.97 Å². The van der Waals surface area contributed by atoms with Crippen LogP contribution in [0.3, 0.4) is 0 Å². The Bertz CT molecular complexity index is 193. The minimum absolute atomic E-state index is 0.106. The van der Waals surface area contributed by atoms with Gasteiger partial charge in [0.1, 0.15) is 0 Å². The predicted molar refractivity (Wildman–Crippen MR) is 72.0 cm³/mol. The molecule has 0 saturated heterocycles. The van der Waals surface area contributed by atoms with E-state index in [0.29, 0.717) is 0 Å². The number of hydrogen-bond acceptors (Lipinski definition) is 2. The molecule has 0 bridgehead atoms. The van der Waals surface area contributed by atoms with Crippen molar-refractivity contribution in [3.05, 3.63) is 0 Å². The van der Waals surface area contributed by atoms with Crippen LogP contribution in [-0.2, 0) is 4.79 Å². The van der Waals surface area contributed by atoms with Crippen molar-refractivity contribution in [3.63, 3.8) is 0 Å². The number of hydrogen-bond donors (Lipinski definition) is 2. The van der Waals surface area contributed by atoms with E-state index in [2.05, 4.69) is 13.8 Å². The number of carboxylic acid groups (broad SMARTS) is 1. The molecule has 3 N–H and O–H groups in total. The lowest BCUT2D eigenvalue weighted by Gasteiger charge is -2.08. The summed E-state index contributed by atoms with van der Waals surface area (Å²) < 4.78 is 0. The van der Waals surface area contributed by atoms with Crippen LogP contribution in [0.1, 0.15) is 71.6 Å². The van der Waals surface area contributed by atoms with Crippen LogP contribution in [0.25, 0.3) is 0 Å². The highest BCUT2D eigenvalue weighted by atomic mass is 16.4. The molecule has 0 aromatic rings. The van der Waals surface area contributed by atoms with Gasteiger partial charge in [-0.05, 0) is 12.3 Å². The van der Waals surface area contributed by atoms with Gasteiger partial charge in [-0.3, -0.25) is 4.79 Å². The lowest BCUT2D eigenvalue weighted by molar-refractivity contribution is -0.137. The number of rotatable bonds is 11. The summed E-state index contributed by atoms with van der Waals surface area (Å²) in [6.45, 7) is 4.54. The molecule has 0 aromatic carbocycles. The van der Waals surface area contributed by atoms with Crippen LogP contribution in [0.15, 0.2) is 0 Å². The first-order valence-electron chi connectivity index (χ1n) is 6.99. The number of aliphatic carboxylic acids is 1. The van der Waals surface area contributed by atoms with Gasteiger partial charge < -0.3 is 10.8 Å². The Labute approximate surface area is 106 Å². The summed E-state index contributed by atoms with van der Waals surface area (Å²) in [5, 5.41) is 8.55. The van der Waals surface area contributed by atoms with E-state index in [1.54, 1.807) is 0 Å². The zero-order valence-electron chi connectivity index (χ0n) is 11.5. The van der Waals surface area contributed by atoms with E-state index in [9.17, 15) is 4.79 Å². The lowest BCUT2D eigenvalue weighted by Crippen LogP contribution is -2.23. The topological polar surface area (TPSA) is 63.3 Å². The highest BCUT2D eigenvalue weighted by molar-refractivity contribution is 5.67. The van der Waals surface area contributed by atoms with Crippen molar-refractivity contribution in [2.75, 3.05) is 0 Å². The highest BCUT2D eigenvalue weighted by Gasteiger charge is 2.06. The SMILES string of the molecule is CC(C)CCCCCCCCC(N)CC(=O)O. The molecule has 0 aliphatic heterocycles. The molecular formula is C14H29NO2. The average molecular weight is 243 g/mol. The van der Waals surface area contributed by atoms with Gasteiger partial charge in [-0.15, -0.1) is 0 Å². The van der Waals surface area contributed by atoms with Crippen molar-refractivity contribution in [2.24, 2.45) is 11.7 Å². The average Bonchev–Trinajstić information content (AvgIpc) is 2.20. The Morgan fingerprint density at radius 3 is 1.94 bits per heavy atom. The summed E-state index contributed by atoms with van der Waals surface area (Å²) >= 11 is 0. The molecule has 0 rings (SSSR count). The summed E-state index contributed by atoms with van der Waals surface area (Å²) in [4.78, 5) is 10.4. The number of carboxylic acids is 1. The maximum atomic E-state index is 10.4. The summed E-state index contributed by atoms with van der Waals surface area (Å²) in [6, 6.07) is -0.159. The van der Waals surface area contributed by atoms with Gasteiger partial charge in [0.25, 0.3) is 0 Å². The van der Waals surface area contributed by atoms with Gasteiger partial charge in [0, 0.05) is 6.04 Å². The molecule has 0 fully saturated rings. The lowest BCUT2D eigenvalue weighted by atomic mass is 10.0. The number of nitrogens with two attached hydrogens (primary N) is 1. The monoisotopic (exact) mass is 243 g/mol. The van der Waals surface area contributed by atoms with Crippen molar-refractivity contribution in [3.8, 4) is 0 Å². The quantitative estimate of drug-likeness (QED) is 0.545. The fraction of sp³-hybridized carbons (Fsp3) is 0.929. The van der Waals surface area contributed by atoms with Gasteiger partial charge in [-0.25, -0.2) is 0 Å². The Kier molecular flexibility index (Phi) is 10.2. The minimum Gasteiger partial charge on any atom is -0.481 e. The third-order valence-corrected chi connectivity index (χ3v) is 3.04. The Morgan fingerprint density at radius 1 is 1.00 bits per heavy atom. The molecule has 0 aliphatic rings. The van der Waals surface area contributed by atoms with Gasteiger partial charge >= 0.3 is 5.97 Å². The number of carbonyl (C=O) groups is 1. The second-order valence-corrected chi connectivity index (χ2v) is 5.45. The summed E-state index contributed by atoms with van der Waals surface area (Å²) in [5.74, 6) is 0.0372. The van der Waals surface area contributed by atoms with Gasteiger partial charge in [0.05, 0.1) is 6.42 Å². The molecule has 0 spiro atoms. The molecule has 0 aliphatic carbocycles. The minimum atomic E-state index is -0.786. The molecule has 0 radical (unpaired) electrons.